The highest BCUT2D eigenvalue weighted by Gasteiger charge is 2.36. The Morgan fingerprint density at radius 2 is 1.61 bits per heavy atom. The summed E-state index contributed by atoms with van der Waals surface area (Å²) < 4.78 is 36.5. The number of nitrogens with one attached hydrogen (secondary N) is 1. The zero-order valence-electron chi connectivity index (χ0n) is 16.6. The molecule has 0 radical (unpaired) electrons. The molecule has 1 atom stereocenters. The predicted octanol–water partition coefficient (Wildman–Crippen LogP) is 2.53. The smallest absolute Gasteiger partial charge is 0.337 e. The van der Waals surface area contributed by atoms with E-state index in [9.17, 15) is 28.0 Å². The number of anilines is 2. The number of rotatable bonds is 5. The van der Waals surface area contributed by atoms with Crippen LogP contribution in [0.3, 0.4) is 0 Å². The van der Waals surface area contributed by atoms with Crippen molar-refractivity contribution in [2.45, 2.75) is 6.42 Å². The number of halogens is 2. The molecule has 0 spiro atoms. The van der Waals surface area contributed by atoms with Gasteiger partial charge in [0.2, 0.25) is 11.8 Å². The van der Waals surface area contributed by atoms with Crippen LogP contribution in [-0.2, 0) is 19.1 Å². The number of hydrogen-bond acceptors (Lipinski definition) is 6. The van der Waals surface area contributed by atoms with Gasteiger partial charge >= 0.3 is 11.9 Å². The molecule has 2 amide bonds. The number of carbonyl (C=O) groups excluding carboxylic acids is 4. The lowest BCUT2D eigenvalue weighted by atomic mass is 10.1. The summed E-state index contributed by atoms with van der Waals surface area (Å²) >= 11 is 0. The zero-order chi connectivity index (χ0) is 22.7. The lowest BCUT2D eigenvalue weighted by molar-refractivity contribution is -0.122. The largest absolute Gasteiger partial charge is 0.465 e. The summed E-state index contributed by atoms with van der Waals surface area (Å²) in [6.07, 6.45) is -0.191. The van der Waals surface area contributed by atoms with Crippen LogP contribution in [0.5, 0.6) is 0 Å². The van der Waals surface area contributed by atoms with Crippen molar-refractivity contribution in [3.05, 3.63) is 59.2 Å². The van der Waals surface area contributed by atoms with Gasteiger partial charge in [0.25, 0.3) is 0 Å². The number of hydrogen-bond donors (Lipinski definition) is 1. The Hall–Kier alpha value is -3.82. The van der Waals surface area contributed by atoms with E-state index in [1.807, 2.05) is 0 Å². The molecule has 0 aromatic heterocycles. The number of nitrogens with zero attached hydrogens (tertiary/aromatic N) is 1. The summed E-state index contributed by atoms with van der Waals surface area (Å²) in [6.45, 7) is -0.117. The Kier molecular flexibility index (Phi) is 6.28. The Balaban J connectivity index is 1.80. The number of ether oxygens (including phenoxy) is 2. The number of carbonyl (C=O) groups is 4. The molecule has 0 saturated carbocycles. The van der Waals surface area contributed by atoms with E-state index in [1.165, 1.54) is 32.4 Å². The van der Waals surface area contributed by atoms with Crippen LogP contribution in [0, 0.1) is 17.6 Å². The fraction of sp³-hybridized carbons (Fsp3) is 0.238. The summed E-state index contributed by atoms with van der Waals surface area (Å²) in [6, 6.07) is 6.68. The Bertz CT molecular complexity index is 1040. The summed E-state index contributed by atoms with van der Waals surface area (Å²) in [4.78, 5) is 49.8. The predicted molar refractivity (Wildman–Crippen MR) is 105 cm³/mol. The van der Waals surface area contributed by atoms with Gasteiger partial charge in [0, 0.05) is 24.7 Å². The van der Waals surface area contributed by atoms with Crippen molar-refractivity contribution in [3.63, 3.8) is 0 Å². The maximum atomic E-state index is 14.0. The topological polar surface area (TPSA) is 102 Å². The third-order valence-corrected chi connectivity index (χ3v) is 4.74. The molecule has 162 valence electrons. The van der Waals surface area contributed by atoms with E-state index in [4.69, 9.17) is 0 Å². The van der Waals surface area contributed by atoms with Crippen molar-refractivity contribution < 1.29 is 37.4 Å². The van der Waals surface area contributed by atoms with Crippen LogP contribution in [0.1, 0.15) is 27.1 Å². The highest BCUT2D eigenvalue weighted by Crippen LogP contribution is 2.29. The van der Waals surface area contributed by atoms with Gasteiger partial charge in [-0.2, -0.15) is 0 Å². The van der Waals surface area contributed by atoms with Gasteiger partial charge in [-0.15, -0.1) is 0 Å². The maximum Gasteiger partial charge on any atom is 0.337 e. The van der Waals surface area contributed by atoms with Gasteiger partial charge in [0.15, 0.2) is 0 Å². The minimum Gasteiger partial charge on any atom is -0.465 e. The van der Waals surface area contributed by atoms with E-state index in [1.54, 1.807) is 0 Å². The molecule has 31 heavy (non-hydrogen) atoms. The minimum absolute atomic E-state index is 0.0122. The van der Waals surface area contributed by atoms with Crippen molar-refractivity contribution in [1.82, 2.24) is 0 Å². The van der Waals surface area contributed by atoms with Crippen molar-refractivity contribution in [1.29, 1.82) is 0 Å². The first kappa shape index (κ1) is 21.9. The summed E-state index contributed by atoms with van der Waals surface area (Å²) in [5, 5.41) is 2.55. The van der Waals surface area contributed by atoms with Gasteiger partial charge in [-0.3, -0.25) is 9.59 Å². The fourth-order valence-electron chi connectivity index (χ4n) is 3.23. The number of benzene rings is 2. The number of amides is 2. The first-order valence-corrected chi connectivity index (χ1v) is 9.11. The van der Waals surface area contributed by atoms with E-state index in [0.29, 0.717) is 6.07 Å². The van der Waals surface area contributed by atoms with Crippen LogP contribution < -0.4 is 10.2 Å². The molecule has 2 aromatic rings. The minimum atomic E-state index is -0.914. The molecule has 3 rings (SSSR count). The molecule has 1 aliphatic rings. The Morgan fingerprint density at radius 1 is 1.00 bits per heavy atom. The second-order valence-electron chi connectivity index (χ2n) is 6.77. The van der Waals surface area contributed by atoms with E-state index in [-0.39, 0.29) is 35.5 Å². The molecule has 1 saturated heterocycles. The average Bonchev–Trinajstić information content (AvgIpc) is 3.13. The van der Waals surface area contributed by atoms with Gasteiger partial charge in [-0.25, -0.2) is 18.4 Å². The van der Waals surface area contributed by atoms with Crippen LogP contribution in [0.2, 0.25) is 0 Å². The van der Waals surface area contributed by atoms with Crippen molar-refractivity contribution in [2.75, 3.05) is 31.0 Å². The van der Waals surface area contributed by atoms with Gasteiger partial charge in [-0.1, -0.05) is 0 Å². The normalized spacial score (nSPS) is 15.5. The summed E-state index contributed by atoms with van der Waals surface area (Å²) in [7, 11) is 2.33. The Labute approximate surface area is 175 Å². The standard InChI is InChI=1S/C21H18F2N2O6/c1-30-20(28)11-5-12(21(29)31-2)7-15(6-11)24-19(27)13-8-18(26)25(10-13)17-4-3-14(22)9-16(17)23/h3-7,9,13H,8,10H2,1-2H3,(H,24,27). The van der Waals surface area contributed by atoms with Crippen LogP contribution in [-0.4, -0.2) is 44.5 Å². The second-order valence-corrected chi connectivity index (χ2v) is 6.77. The van der Waals surface area contributed by atoms with Gasteiger partial charge in [-0.05, 0) is 30.3 Å². The SMILES string of the molecule is COC(=O)c1cc(NC(=O)C2CC(=O)N(c3ccc(F)cc3F)C2)cc(C(=O)OC)c1. The van der Waals surface area contributed by atoms with Gasteiger partial charge < -0.3 is 19.7 Å². The van der Waals surface area contributed by atoms with Gasteiger partial charge in [0.1, 0.15) is 11.6 Å². The van der Waals surface area contributed by atoms with E-state index in [0.717, 1.165) is 17.0 Å². The quantitative estimate of drug-likeness (QED) is 0.729. The first-order valence-electron chi connectivity index (χ1n) is 9.11. The highest BCUT2D eigenvalue weighted by atomic mass is 19.1. The zero-order valence-corrected chi connectivity index (χ0v) is 16.6. The molecular weight excluding hydrogens is 414 g/mol. The summed E-state index contributed by atoms with van der Waals surface area (Å²) in [5.74, 6) is -5.05. The van der Waals surface area contributed by atoms with Crippen LogP contribution >= 0.6 is 0 Å². The molecule has 0 aliphatic carbocycles. The molecule has 1 N–H and O–H groups in total. The third kappa shape index (κ3) is 4.68. The van der Waals surface area contributed by atoms with Crippen LogP contribution in [0.25, 0.3) is 0 Å². The van der Waals surface area contributed by atoms with E-state index in [2.05, 4.69) is 14.8 Å². The third-order valence-electron chi connectivity index (χ3n) is 4.74. The molecule has 10 heteroatoms. The molecule has 2 aromatic carbocycles. The molecule has 1 fully saturated rings. The summed E-state index contributed by atoms with van der Waals surface area (Å²) in [5.41, 5.74) is 0.0194. The molecule has 1 unspecified atom stereocenters. The molecule has 1 heterocycles. The lowest BCUT2D eigenvalue weighted by Crippen LogP contribution is -2.28. The first-order chi connectivity index (χ1) is 14.7. The second kappa shape index (κ2) is 8.90. The monoisotopic (exact) mass is 432 g/mol. The molecular formula is C21H18F2N2O6. The Morgan fingerprint density at radius 3 is 2.16 bits per heavy atom. The van der Waals surface area contributed by atoms with Crippen molar-refractivity contribution in [3.8, 4) is 0 Å². The van der Waals surface area contributed by atoms with Crippen LogP contribution in [0.15, 0.2) is 36.4 Å². The van der Waals surface area contributed by atoms with Gasteiger partial charge in [0.05, 0.1) is 37.0 Å². The average molecular weight is 432 g/mol. The van der Waals surface area contributed by atoms with E-state index < -0.39 is 41.3 Å². The maximum absolute atomic E-state index is 14.0. The number of methoxy groups -OCH3 is 2. The van der Waals surface area contributed by atoms with E-state index >= 15 is 0 Å². The molecule has 1 aliphatic heterocycles. The van der Waals surface area contributed by atoms with Crippen molar-refractivity contribution >= 4 is 35.1 Å². The van der Waals surface area contributed by atoms with Crippen molar-refractivity contribution in [2.24, 2.45) is 5.92 Å². The highest BCUT2D eigenvalue weighted by molar-refractivity contribution is 6.04. The number of esters is 2. The fourth-order valence-corrected chi connectivity index (χ4v) is 3.23. The molecule has 8 nitrogen and oxygen atoms in total. The van der Waals surface area contributed by atoms with Crippen LogP contribution in [0.4, 0.5) is 20.2 Å². The molecule has 0 bridgehead atoms. The lowest BCUT2D eigenvalue weighted by Gasteiger charge is -2.17.